The van der Waals surface area contributed by atoms with Crippen LogP contribution in [0.5, 0.6) is 0 Å². The van der Waals surface area contributed by atoms with E-state index in [9.17, 15) is 0 Å². The van der Waals surface area contributed by atoms with Crippen molar-refractivity contribution in [2.45, 2.75) is 25.5 Å². The fraction of sp³-hybridized carbons (Fsp3) is 0.500. The fourth-order valence-electron chi connectivity index (χ4n) is 1.18. The number of methoxy groups -OCH3 is 1. The number of nitrogen functional groups attached to an aromatic ring is 1. The summed E-state index contributed by atoms with van der Waals surface area (Å²) in [6, 6.07) is 1.46. The Morgan fingerprint density at radius 3 is 2.64 bits per heavy atom. The van der Waals surface area contributed by atoms with Gasteiger partial charge in [0.2, 0.25) is 0 Å². The number of hydrogen-bond donors (Lipinski definition) is 2. The Bertz CT molecular complexity index is 312. The summed E-state index contributed by atoms with van der Waals surface area (Å²) in [6.45, 7) is 3.84. The van der Waals surface area contributed by atoms with Crippen molar-refractivity contribution < 1.29 is 4.74 Å². The van der Waals surface area contributed by atoms with Gasteiger partial charge in [-0.1, -0.05) is 0 Å². The van der Waals surface area contributed by atoms with Crippen LogP contribution in [0.3, 0.4) is 0 Å². The molecule has 0 saturated carbocycles. The molecule has 1 atom stereocenters. The number of aromatic nitrogens is 1. The number of nitrogens with zero attached hydrogens (tertiary/aromatic N) is 1. The highest BCUT2D eigenvalue weighted by Gasteiger charge is 2.28. The molecule has 4 heteroatoms. The molecule has 0 aromatic carbocycles. The van der Waals surface area contributed by atoms with Gasteiger partial charge in [0.25, 0.3) is 0 Å². The van der Waals surface area contributed by atoms with Gasteiger partial charge >= 0.3 is 0 Å². The van der Waals surface area contributed by atoms with Crippen LogP contribution in [0.2, 0.25) is 0 Å². The Kier molecular flexibility index (Phi) is 3.08. The molecule has 0 aliphatic rings. The van der Waals surface area contributed by atoms with Gasteiger partial charge in [-0.25, -0.2) is 0 Å². The van der Waals surface area contributed by atoms with Crippen LogP contribution >= 0.6 is 0 Å². The first-order chi connectivity index (χ1) is 6.49. The van der Waals surface area contributed by atoms with Crippen molar-refractivity contribution in [1.29, 1.82) is 0 Å². The lowest BCUT2D eigenvalue weighted by molar-refractivity contribution is 0.0000627. The highest BCUT2D eigenvalue weighted by molar-refractivity contribution is 5.46. The first-order valence-corrected chi connectivity index (χ1v) is 4.49. The van der Waals surface area contributed by atoms with E-state index in [4.69, 9.17) is 16.2 Å². The molecule has 14 heavy (non-hydrogen) atoms. The second-order valence-corrected chi connectivity index (χ2v) is 3.79. The smallest absolute Gasteiger partial charge is 0.0815 e. The van der Waals surface area contributed by atoms with Crippen molar-refractivity contribution in [2.24, 2.45) is 5.73 Å². The van der Waals surface area contributed by atoms with E-state index in [1.54, 1.807) is 25.6 Å². The predicted molar refractivity (Wildman–Crippen MR) is 56.7 cm³/mol. The quantitative estimate of drug-likeness (QED) is 0.757. The van der Waals surface area contributed by atoms with E-state index in [0.717, 1.165) is 5.56 Å². The summed E-state index contributed by atoms with van der Waals surface area (Å²) in [5.41, 5.74) is 12.9. The van der Waals surface area contributed by atoms with Crippen LogP contribution in [-0.2, 0) is 4.74 Å². The molecule has 1 aromatic rings. The van der Waals surface area contributed by atoms with Gasteiger partial charge in [0.15, 0.2) is 0 Å². The van der Waals surface area contributed by atoms with Gasteiger partial charge in [-0.2, -0.15) is 0 Å². The zero-order chi connectivity index (χ0) is 10.8. The Morgan fingerprint density at radius 1 is 1.50 bits per heavy atom. The minimum atomic E-state index is -0.447. The molecule has 0 aliphatic carbocycles. The normalized spacial score (nSPS) is 14.0. The summed E-state index contributed by atoms with van der Waals surface area (Å²) >= 11 is 0. The molecule has 0 spiro atoms. The molecule has 78 valence electrons. The summed E-state index contributed by atoms with van der Waals surface area (Å²) in [5, 5.41) is 0. The first-order valence-electron chi connectivity index (χ1n) is 4.49. The second kappa shape index (κ2) is 3.94. The van der Waals surface area contributed by atoms with Crippen molar-refractivity contribution in [2.75, 3.05) is 12.8 Å². The van der Waals surface area contributed by atoms with Crippen LogP contribution in [0, 0.1) is 0 Å². The zero-order valence-corrected chi connectivity index (χ0v) is 8.82. The van der Waals surface area contributed by atoms with E-state index < -0.39 is 5.60 Å². The molecule has 0 bridgehead atoms. The van der Waals surface area contributed by atoms with Crippen LogP contribution in [-0.4, -0.2) is 17.7 Å². The minimum Gasteiger partial charge on any atom is -0.398 e. The van der Waals surface area contributed by atoms with Crippen LogP contribution in [0.1, 0.15) is 25.5 Å². The van der Waals surface area contributed by atoms with Crippen LogP contribution in [0.15, 0.2) is 18.5 Å². The number of hydrogen-bond acceptors (Lipinski definition) is 4. The Labute approximate surface area is 84.3 Å². The summed E-state index contributed by atoms with van der Waals surface area (Å²) in [7, 11) is 1.63. The summed E-state index contributed by atoms with van der Waals surface area (Å²) in [5.74, 6) is 0. The standard InChI is InChI=1S/C10H17N3O/c1-10(2,14-3)9(12)7-6-13-5-4-8(7)11/h4-6,9H,12H2,1-3H3,(H2,11,13). The molecule has 1 aromatic heterocycles. The second-order valence-electron chi connectivity index (χ2n) is 3.79. The lowest BCUT2D eigenvalue weighted by Crippen LogP contribution is -2.37. The molecule has 0 amide bonds. The van der Waals surface area contributed by atoms with Gasteiger partial charge in [-0.3, -0.25) is 4.98 Å². The van der Waals surface area contributed by atoms with Crippen molar-refractivity contribution in [3.05, 3.63) is 24.0 Å². The molecule has 4 nitrogen and oxygen atoms in total. The maximum atomic E-state index is 6.04. The Balaban J connectivity index is 3.00. The Morgan fingerprint density at radius 2 is 2.14 bits per heavy atom. The van der Waals surface area contributed by atoms with Gasteiger partial charge in [-0.05, 0) is 19.9 Å². The van der Waals surface area contributed by atoms with E-state index in [1.807, 2.05) is 13.8 Å². The SMILES string of the molecule is COC(C)(C)C(N)c1cnccc1N. The van der Waals surface area contributed by atoms with E-state index in [-0.39, 0.29) is 6.04 Å². The predicted octanol–water partition coefficient (Wildman–Crippen LogP) is 1.09. The number of nitrogens with two attached hydrogens (primary N) is 2. The zero-order valence-electron chi connectivity index (χ0n) is 8.82. The van der Waals surface area contributed by atoms with Crippen LogP contribution in [0.4, 0.5) is 5.69 Å². The third-order valence-electron chi connectivity index (χ3n) is 2.50. The highest BCUT2D eigenvalue weighted by atomic mass is 16.5. The lowest BCUT2D eigenvalue weighted by Gasteiger charge is -2.30. The molecule has 1 heterocycles. The van der Waals surface area contributed by atoms with Gasteiger partial charge in [0, 0.05) is 30.8 Å². The molecule has 0 fully saturated rings. The van der Waals surface area contributed by atoms with E-state index in [1.165, 1.54) is 0 Å². The largest absolute Gasteiger partial charge is 0.398 e. The van der Waals surface area contributed by atoms with Crippen molar-refractivity contribution in [3.8, 4) is 0 Å². The molecular weight excluding hydrogens is 178 g/mol. The molecule has 1 unspecified atom stereocenters. The maximum absolute atomic E-state index is 6.04. The molecule has 0 radical (unpaired) electrons. The molecule has 1 rings (SSSR count). The van der Waals surface area contributed by atoms with Crippen molar-refractivity contribution in [1.82, 2.24) is 4.98 Å². The molecule has 0 saturated heterocycles. The summed E-state index contributed by atoms with van der Waals surface area (Å²) < 4.78 is 5.30. The van der Waals surface area contributed by atoms with Crippen molar-refractivity contribution in [3.63, 3.8) is 0 Å². The van der Waals surface area contributed by atoms with Crippen LogP contribution < -0.4 is 11.5 Å². The maximum Gasteiger partial charge on any atom is 0.0815 e. The van der Waals surface area contributed by atoms with E-state index in [2.05, 4.69) is 4.98 Å². The topological polar surface area (TPSA) is 74.2 Å². The fourth-order valence-corrected chi connectivity index (χ4v) is 1.18. The number of anilines is 1. The average Bonchev–Trinajstić information content (AvgIpc) is 2.17. The minimum absolute atomic E-state index is 0.277. The summed E-state index contributed by atoms with van der Waals surface area (Å²) in [6.07, 6.45) is 3.33. The van der Waals surface area contributed by atoms with Gasteiger partial charge in [0.05, 0.1) is 11.6 Å². The number of rotatable bonds is 3. The van der Waals surface area contributed by atoms with Gasteiger partial charge < -0.3 is 16.2 Å². The lowest BCUT2D eigenvalue weighted by atomic mass is 9.92. The summed E-state index contributed by atoms with van der Waals surface area (Å²) in [4.78, 5) is 4.00. The first kappa shape index (κ1) is 10.9. The third kappa shape index (κ3) is 2.02. The van der Waals surface area contributed by atoms with E-state index in [0.29, 0.717) is 5.69 Å². The Hall–Kier alpha value is -1.13. The highest BCUT2D eigenvalue weighted by Crippen LogP contribution is 2.28. The molecule has 0 aliphatic heterocycles. The number of ether oxygens (including phenoxy) is 1. The van der Waals surface area contributed by atoms with Gasteiger partial charge in [-0.15, -0.1) is 0 Å². The van der Waals surface area contributed by atoms with Crippen molar-refractivity contribution >= 4 is 5.69 Å². The van der Waals surface area contributed by atoms with E-state index >= 15 is 0 Å². The average molecular weight is 195 g/mol. The monoisotopic (exact) mass is 195 g/mol. The number of pyridine rings is 1. The van der Waals surface area contributed by atoms with Crippen LogP contribution in [0.25, 0.3) is 0 Å². The third-order valence-corrected chi connectivity index (χ3v) is 2.50. The molecule has 4 N–H and O–H groups in total. The van der Waals surface area contributed by atoms with Gasteiger partial charge in [0.1, 0.15) is 0 Å². The molecular formula is C10H17N3O.